The van der Waals surface area contributed by atoms with Crippen molar-refractivity contribution in [2.45, 2.75) is 57.7 Å². The maximum absolute atomic E-state index is 14.4. The molecule has 0 fully saturated rings. The van der Waals surface area contributed by atoms with Crippen LogP contribution in [0.3, 0.4) is 0 Å². The summed E-state index contributed by atoms with van der Waals surface area (Å²) in [5.41, 5.74) is 4.01. The summed E-state index contributed by atoms with van der Waals surface area (Å²) in [5.74, 6) is -0.380. The monoisotopic (exact) mass is 552 g/mol. The van der Waals surface area contributed by atoms with E-state index in [2.05, 4.69) is 29.6 Å². The highest BCUT2D eigenvalue weighted by Crippen LogP contribution is 2.30. The molecule has 2 atom stereocenters. The third-order valence-corrected chi connectivity index (χ3v) is 7.53. The minimum atomic E-state index is -0.685. The Morgan fingerprint density at radius 1 is 0.775 bits per heavy atom. The van der Waals surface area contributed by atoms with Crippen molar-refractivity contribution in [3.63, 3.8) is 0 Å². The molecule has 0 bridgehead atoms. The summed E-state index contributed by atoms with van der Waals surface area (Å²) >= 11 is 6.33. The molecular formula is C35H37ClN2O2. The van der Waals surface area contributed by atoms with Gasteiger partial charge in [-0.1, -0.05) is 122 Å². The Bertz CT molecular complexity index is 1320. The van der Waals surface area contributed by atoms with E-state index in [9.17, 15) is 9.59 Å². The maximum Gasteiger partial charge on any atom is 0.243 e. The first-order valence-corrected chi connectivity index (χ1v) is 14.3. The van der Waals surface area contributed by atoms with Crippen molar-refractivity contribution in [3.8, 4) is 0 Å². The summed E-state index contributed by atoms with van der Waals surface area (Å²) in [6, 6.07) is 36.9. The minimum Gasteiger partial charge on any atom is -0.352 e. The van der Waals surface area contributed by atoms with Crippen LogP contribution < -0.4 is 5.32 Å². The van der Waals surface area contributed by atoms with E-state index < -0.39 is 6.04 Å². The number of hydrogen-bond acceptors (Lipinski definition) is 2. The zero-order valence-corrected chi connectivity index (χ0v) is 23.9. The second-order valence-corrected chi connectivity index (χ2v) is 10.7. The van der Waals surface area contributed by atoms with Gasteiger partial charge in [-0.05, 0) is 47.7 Å². The van der Waals surface area contributed by atoms with Gasteiger partial charge in [0.1, 0.15) is 6.04 Å². The quantitative estimate of drug-likeness (QED) is 0.199. The van der Waals surface area contributed by atoms with Crippen molar-refractivity contribution in [2.75, 3.05) is 0 Å². The van der Waals surface area contributed by atoms with Crippen molar-refractivity contribution < 1.29 is 9.59 Å². The van der Waals surface area contributed by atoms with Crippen LogP contribution in [0.5, 0.6) is 0 Å². The molecule has 4 aromatic carbocycles. The molecular weight excluding hydrogens is 516 g/mol. The molecule has 0 saturated heterocycles. The highest BCUT2D eigenvalue weighted by Gasteiger charge is 2.32. The zero-order valence-electron chi connectivity index (χ0n) is 23.2. The van der Waals surface area contributed by atoms with E-state index in [-0.39, 0.29) is 36.7 Å². The highest BCUT2D eigenvalue weighted by atomic mass is 35.5. The Hall–Kier alpha value is -3.89. The van der Waals surface area contributed by atoms with Gasteiger partial charge in [-0.25, -0.2) is 0 Å². The van der Waals surface area contributed by atoms with Crippen LogP contribution in [0, 0.1) is 0 Å². The highest BCUT2D eigenvalue weighted by molar-refractivity contribution is 6.30. The molecule has 0 unspecified atom stereocenters. The summed E-state index contributed by atoms with van der Waals surface area (Å²) in [6.07, 6.45) is 1.45. The van der Waals surface area contributed by atoms with Gasteiger partial charge in [-0.3, -0.25) is 9.59 Å². The van der Waals surface area contributed by atoms with E-state index in [1.165, 1.54) is 0 Å². The lowest BCUT2D eigenvalue weighted by Gasteiger charge is -2.33. The molecule has 0 spiro atoms. The minimum absolute atomic E-state index is 0.00437. The van der Waals surface area contributed by atoms with Gasteiger partial charge >= 0.3 is 0 Å². The smallest absolute Gasteiger partial charge is 0.243 e. The number of hydrogen-bond donors (Lipinski definition) is 1. The van der Waals surface area contributed by atoms with Gasteiger partial charge in [0.2, 0.25) is 11.8 Å². The molecule has 0 aliphatic heterocycles. The van der Waals surface area contributed by atoms with Crippen LogP contribution in [-0.2, 0) is 22.6 Å². The fourth-order valence-electron chi connectivity index (χ4n) is 4.92. The summed E-state index contributed by atoms with van der Waals surface area (Å²) in [7, 11) is 0. The van der Waals surface area contributed by atoms with Gasteiger partial charge in [0, 0.05) is 36.4 Å². The van der Waals surface area contributed by atoms with Crippen molar-refractivity contribution in [1.29, 1.82) is 0 Å². The first kappa shape index (κ1) is 29.1. The van der Waals surface area contributed by atoms with Crippen molar-refractivity contribution in [2.24, 2.45) is 0 Å². The standard InChI is InChI=1S/C35H37ClN2O2/c1-3-26(2)37-35(40)33(23-27-14-7-4-8-15-27)38(25-28-16-13-21-31(36)22-28)34(39)24-32(29-17-9-5-10-18-29)30-19-11-6-12-20-30/h4-22,26,32-33H,3,23-25H2,1-2H3,(H,37,40)/t26-,33+/m0/s1. The van der Waals surface area contributed by atoms with Crippen LogP contribution in [-0.4, -0.2) is 28.8 Å². The van der Waals surface area contributed by atoms with Crippen LogP contribution in [0.1, 0.15) is 54.9 Å². The fraction of sp³-hybridized carbons (Fsp3) is 0.257. The molecule has 0 radical (unpaired) electrons. The average molecular weight is 553 g/mol. The summed E-state index contributed by atoms with van der Waals surface area (Å²) in [6.45, 7) is 4.30. The normalized spacial score (nSPS) is 12.5. The molecule has 0 aromatic heterocycles. The van der Waals surface area contributed by atoms with Gasteiger partial charge < -0.3 is 10.2 Å². The van der Waals surface area contributed by atoms with Crippen LogP contribution in [0.25, 0.3) is 0 Å². The Balaban J connectivity index is 1.74. The predicted molar refractivity (Wildman–Crippen MR) is 163 cm³/mol. The van der Waals surface area contributed by atoms with E-state index in [4.69, 9.17) is 11.6 Å². The number of nitrogens with zero attached hydrogens (tertiary/aromatic N) is 1. The van der Waals surface area contributed by atoms with Crippen molar-refractivity contribution >= 4 is 23.4 Å². The van der Waals surface area contributed by atoms with Gasteiger partial charge in [0.15, 0.2) is 0 Å². The molecule has 2 amide bonds. The number of halogens is 1. The van der Waals surface area contributed by atoms with Crippen LogP contribution in [0.15, 0.2) is 115 Å². The molecule has 0 aliphatic rings. The van der Waals surface area contributed by atoms with E-state index in [0.717, 1.165) is 28.7 Å². The fourth-order valence-corrected chi connectivity index (χ4v) is 5.13. The molecule has 0 heterocycles. The van der Waals surface area contributed by atoms with Gasteiger partial charge in [-0.2, -0.15) is 0 Å². The second kappa shape index (κ2) is 14.5. The second-order valence-electron chi connectivity index (χ2n) is 10.3. The lowest BCUT2D eigenvalue weighted by molar-refractivity contribution is -0.141. The first-order chi connectivity index (χ1) is 19.4. The van der Waals surface area contributed by atoms with E-state index >= 15 is 0 Å². The number of rotatable bonds is 12. The summed E-state index contributed by atoms with van der Waals surface area (Å²) in [4.78, 5) is 30.0. The third-order valence-electron chi connectivity index (χ3n) is 7.30. The molecule has 1 N–H and O–H groups in total. The van der Waals surface area contributed by atoms with Crippen LogP contribution in [0.2, 0.25) is 5.02 Å². The van der Waals surface area contributed by atoms with Gasteiger partial charge in [0.25, 0.3) is 0 Å². The van der Waals surface area contributed by atoms with Crippen molar-refractivity contribution in [3.05, 3.63) is 143 Å². The molecule has 0 saturated carbocycles. The topological polar surface area (TPSA) is 49.4 Å². The summed E-state index contributed by atoms with van der Waals surface area (Å²) in [5, 5.41) is 3.74. The predicted octanol–water partition coefficient (Wildman–Crippen LogP) is 7.42. The lowest BCUT2D eigenvalue weighted by Crippen LogP contribution is -2.52. The van der Waals surface area contributed by atoms with E-state index in [1.807, 2.05) is 105 Å². The zero-order chi connectivity index (χ0) is 28.3. The van der Waals surface area contributed by atoms with Gasteiger partial charge in [-0.15, -0.1) is 0 Å². The van der Waals surface area contributed by atoms with Crippen molar-refractivity contribution in [1.82, 2.24) is 10.2 Å². The first-order valence-electron chi connectivity index (χ1n) is 13.9. The number of nitrogens with one attached hydrogen (secondary N) is 1. The molecule has 206 valence electrons. The van der Waals surface area contributed by atoms with Crippen LogP contribution in [0.4, 0.5) is 0 Å². The Labute approximate surface area is 243 Å². The van der Waals surface area contributed by atoms with Crippen LogP contribution >= 0.6 is 11.6 Å². The Kier molecular flexibility index (Phi) is 10.5. The molecule has 4 rings (SSSR count). The van der Waals surface area contributed by atoms with E-state index in [0.29, 0.717) is 11.4 Å². The molecule has 5 heteroatoms. The molecule has 0 aliphatic carbocycles. The number of benzene rings is 4. The Morgan fingerprint density at radius 3 is 1.88 bits per heavy atom. The third kappa shape index (κ3) is 8.06. The SMILES string of the molecule is CC[C@H](C)NC(=O)[C@@H](Cc1ccccc1)N(Cc1cccc(Cl)c1)C(=O)CC(c1ccccc1)c1ccccc1. The summed E-state index contributed by atoms with van der Waals surface area (Å²) < 4.78 is 0. The number of carbonyl (C=O) groups is 2. The lowest BCUT2D eigenvalue weighted by atomic mass is 9.87. The molecule has 40 heavy (non-hydrogen) atoms. The average Bonchev–Trinajstić information content (AvgIpc) is 2.99. The Morgan fingerprint density at radius 2 is 1.32 bits per heavy atom. The number of carbonyl (C=O) groups excluding carboxylic acids is 2. The van der Waals surface area contributed by atoms with E-state index in [1.54, 1.807) is 4.90 Å². The van der Waals surface area contributed by atoms with Gasteiger partial charge in [0.05, 0.1) is 0 Å². The molecule has 4 aromatic rings. The molecule has 4 nitrogen and oxygen atoms in total. The largest absolute Gasteiger partial charge is 0.352 e. The number of amides is 2. The maximum atomic E-state index is 14.4.